The molecule has 0 saturated carbocycles. The van der Waals surface area contributed by atoms with Gasteiger partial charge in [-0.1, -0.05) is 6.42 Å². The number of phenols is 1. The Hall–Kier alpha value is -2.25. The van der Waals surface area contributed by atoms with Crippen LogP contribution >= 0.6 is 11.5 Å². The Morgan fingerprint density at radius 3 is 2.84 bits per heavy atom. The van der Waals surface area contributed by atoms with Gasteiger partial charge in [0.25, 0.3) is 5.56 Å². The molecule has 1 fully saturated rings. The predicted octanol–water partition coefficient (Wildman–Crippen LogP) is 2.71. The van der Waals surface area contributed by atoms with Gasteiger partial charge in [0.2, 0.25) is 0 Å². The molecule has 25 heavy (non-hydrogen) atoms. The summed E-state index contributed by atoms with van der Waals surface area (Å²) in [5, 5.41) is 9.43. The molecule has 0 radical (unpaired) electrons. The number of hydrogen-bond acceptors (Lipinski definition) is 6. The molecule has 3 heterocycles. The number of fused-ring (bicyclic) bond motifs is 1. The lowest BCUT2D eigenvalue weighted by molar-refractivity contribution is 0.166. The molecule has 1 saturated heterocycles. The molecule has 130 valence electrons. The molecule has 1 unspecified atom stereocenters. The fourth-order valence-electron chi connectivity index (χ4n) is 3.40. The normalized spacial score (nSPS) is 18.7. The van der Waals surface area contributed by atoms with Crippen molar-refractivity contribution in [3.05, 3.63) is 40.9 Å². The maximum absolute atomic E-state index is 12.8. The number of hydrogen-bond donors (Lipinski definition) is 1. The van der Waals surface area contributed by atoms with Gasteiger partial charge in [-0.15, -0.1) is 0 Å². The number of aromatic nitrogens is 3. The van der Waals surface area contributed by atoms with Crippen LogP contribution in [-0.4, -0.2) is 43.6 Å². The zero-order valence-electron chi connectivity index (χ0n) is 14.1. The van der Waals surface area contributed by atoms with Gasteiger partial charge in [0.15, 0.2) is 0 Å². The van der Waals surface area contributed by atoms with E-state index in [1.807, 2.05) is 0 Å². The minimum atomic E-state index is -0.0218. The van der Waals surface area contributed by atoms with Gasteiger partial charge in [0.1, 0.15) is 21.7 Å². The Bertz CT molecular complexity index is 948. The number of likely N-dealkylation sites (tertiary alicyclic amines) is 1. The fourth-order valence-corrected chi connectivity index (χ4v) is 4.20. The van der Waals surface area contributed by atoms with Crippen LogP contribution in [0.1, 0.15) is 19.3 Å². The zero-order valence-corrected chi connectivity index (χ0v) is 14.9. The van der Waals surface area contributed by atoms with Crippen molar-refractivity contribution in [3.8, 4) is 17.0 Å². The molecule has 7 heteroatoms. The van der Waals surface area contributed by atoms with Crippen molar-refractivity contribution in [2.45, 2.75) is 31.8 Å². The van der Waals surface area contributed by atoms with Gasteiger partial charge < -0.3 is 10.0 Å². The van der Waals surface area contributed by atoms with Gasteiger partial charge >= 0.3 is 0 Å². The lowest BCUT2D eigenvalue weighted by Crippen LogP contribution is -2.41. The molecular weight excluding hydrogens is 336 g/mol. The largest absolute Gasteiger partial charge is 0.508 e. The standard InChI is InChI=1S/C18H20N4O2S/c1-21-9-3-2-4-13(21)10-22-11-19-16-15(20-25-17(16)18(22)24)12-5-7-14(23)8-6-12/h5-8,11,13,23H,2-4,9-10H2,1H3. The maximum atomic E-state index is 12.8. The van der Waals surface area contributed by atoms with Crippen LogP contribution in [0.3, 0.4) is 0 Å². The van der Waals surface area contributed by atoms with Crippen LogP contribution in [0, 0.1) is 0 Å². The number of nitrogens with zero attached hydrogens (tertiary/aromatic N) is 4. The van der Waals surface area contributed by atoms with E-state index in [0.717, 1.165) is 18.5 Å². The van der Waals surface area contributed by atoms with E-state index >= 15 is 0 Å². The van der Waals surface area contributed by atoms with E-state index in [9.17, 15) is 9.90 Å². The van der Waals surface area contributed by atoms with Crippen molar-refractivity contribution < 1.29 is 5.11 Å². The van der Waals surface area contributed by atoms with Crippen LogP contribution in [0.4, 0.5) is 0 Å². The Morgan fingerprint density at radius 2 is 2.08 bits per heavy atom. The molecule has 1 atom stereocenters. The highest BCUT2D eigenvalue weighted by Gasteiger charge is 2.21. The third kappa shape index (κ3) is 3.05. The fraction of sp³-hybridized carbons (Fsp3) is 0.389. The van der Waals surface area contributed by atoms with Gasteiger partial charge in [-0.25, -0.2) is 4.98 Å². The van der Waals surface area contributed by atoms with Gasteiger partial charge in [-0.05, 0) is 62.2 Å². The van der Waals surface area contributed by atoms with Crippen molar-refractivity contribution in [2.24, 2.45) is 0 Å². The SMILES string of the molecule is CN1CCCCC1Cn1cnc2c(-c3ccc(O)cc3)nsc2c1=O. The highest BCUT2D eigenvalue weighted by atomic mass is 32.1. The molecular formula is C18H20N4O2S. The van der Waals surface area contributed by atoms with Crippen LogP contribution in [0.25, 0.3) is 21.5 Å². The number of rotatable bonds is 3. The first kappa shape index (κ1) is 16.2. The van der Waals surface area contributed by atoms with E-state index in [0.29, 0.717) is 28.5 Å². The summed E-state index contributed by atoms with van der Waals surface area (Å²) in [6.45, 7) is 1.76. The van der Waals surface area contributed by atoms with E-state index in [1.165, 1.54) is 24.4 Å². The van der Waals surface area contributed by atoms with E-state index in [1.54, 1.807) is 35.2 Å². The van der Waals surface area contributed by atoms with E-state index in [2.05, 4.69) is 21.3 Å². The smallest absolute Gasteiger partial charge is 0.272 e. The Balaban J connectivity index is 1.69. The number of piperidine rings is 1. The molecule has 3 aromatic rings. The number of benzene rings is 1. The number of phenolic OH excluding ortho intramolecular Hbond substituents is 1. The third-order valence-electron chi connectivity index (χ3n) is 4.92. The molecule has 4 rings (SSSR count). The van der Waals surface area contributed by atoms with Crippen molar-refractivity contribution in [2.75, 3.05) is 13.6 Å². The molecule has 1 aliphatic heterocycles. The summed E-state index contributed by atoms with van der Waals surface area (Å²) in [5.74, 6) is 0.204. The lowest BCUT2D eigenvalue weighted by Gasteiger charge is -2.32. The average Bonchev–Trinajstić information content (AvgIpc) is 3.05. The maximum Gasteiger partial charge on any atom is 0.272 e. The van der Waals surface area contributed by atoms with Gasteiger partial charge in [-0.3, -0.25) is 9.36 Å². The molecule has 6 nitrogen and oxygen atoms in total. The molecule has 0 amide bonds. The van der Waals surface area contributed by atoms with Crippen molar-refractivity contribution in [1.29, 1.82) is 0 Å². The topological polar surface area (TPSA) is 71.2 Å². The van der Waals surface area contributed by atoms with Crippen LogP contribution in [-0.2, 0) is 6.54 Å². The van der Waals surface area contributed by atoms with E-state index in [4.69, 9.17) is 0 Å². The Morgan fingerprint density at radius 1 is 1.28 bits per heavy atom. The van der Waals surface area contributed by atoms with Crippen LogP contribution in [0.15, 0.2) is 35.4 Å². The monoisotopic (exact) mass is 356 g/mol. The summed E-state index contributed by atoms with van der Waals surface area (Å²) in [6, 6.07) is 7.18. The summed E-state index contributed by atoms with van der Waals surface area (Å²) in [7, 11) is 2.12. The highest BCUT2D eigenvalue weighted by molar-refractivity contribution is 7.13. The quantitative estimate of drug-likeness (QED) is 0.781. The second-order valence-corrected chi connectivity index (χ2v) is 7.36. The second-order valence-electron chi connectivity index (χ2n) is 6.59. The van der Waals surface area contributed by atoms with Crippen LogP contribution in [0.2, 0.25) is 0 Å². The van der Waals surface area contributed by atoms with Crippen molar-refractivity contribution in [3.63, 3.8) is 0 Å². The summed E-state index contributed by atoms with van der Waals surface area (Å²) in [4.78, 5) is 19.7. The Labute approximate surface area is 149 Å². The zero-order chi connectivity index (χ0) is 17.4. The molecule has 1 aromatic carbocycles. The van der Waals surface area contributed by atoms with E-state index in [-0.39, 0.29) is 11.3 Å². The highest BCUT2D eigenvalue weighted by Crippen LogP contribution is 2.28. The first-order valence-corrected chi connectivity index (χ1v) is 9.25. The van der Waals surface area contributed by atoms with Crippen molar-refractivity contribution >= 4 is 21.7 Å². The predicted molar refractivity (Wildman–Crippen MR) is 99.0 cm³/mol. The Kier molecular flexibility index (Phi) is 4.27. The minimum absolute atomic E-state index is 0.0218. The van der Waals surface area contributed by atoms with Gasteiger partial charge in [-0.2, -0.15) is 4.37 Å². The summed E-state index contributed by atoms with van der Waals surface area (Å²) >= 11 is 1.19. The van der Waals surface area contributed by atoms with Gasteiger partial charge in [0.05, 0.1) is 6.33 Å². The summed E-state index contributed by atoms with van der Waals surface area (Å²) in [5.41, 5.74) is 2.15. The minimum Gasteiger partial charge on any atom is -0.508 e. The van der Waals surface area contributed by atoms with Crippen LogP contribution in [0.5, 0.6) is 5.75 Å². The number of likely N-dealkylation sites (N-methyl/N-ethyl adjacent to an activating group) is 1. The third-order valence-corrected chi connectivity index (χ3v) is 5.74. The average molecular weight is 356 g/mol. The molecule has 1 N–H and O–H groups in total. The van der Waals surface area contributed by atoms with E-state index < -0.39 is 0 Å². The lowest BCUT2D eigenvalue weighted by atomic mass is 10.0. The second kappa shape index (κ2) is 6.57. The summed E-state index contributed by atoms with van der Waals surface area (Å²) < 4.78 is 6.74. The number of aromatic hydroxyl groups is 1. The first-order valence-electron chi connectivity index (χ1n) is 8.48. The molecule has 2 aromatic heterocycles. The van der Waals surface area contributed by atoms with Crippen LogP contribution < -0.4 is 5.56 Å². The summed E-state index contributed by atoms with van der Waals surface area (Å²) in [6.07, 6.45) is 5.20. The molecule has 1 aliphatic rings. The first-order chi connectivity index (χ1) is 12.1. The van der Waals surface area contributed by atoms with Crippen molar-refractivity contribution in [1.82, 2.24) is 18.8 Å². The molecule has 0 aliphatic carbocycles. The molecule has 0 bridgehead atoms. The van der Waals surface area contributed by atoms with Gasteiger partial charge in [0, 0.05) is 18.2 Å². The molecule has 0 spiro atoms.